The maximum Gasteiger partial charge on any atom is 0.237 e. The second-order valence-corrected chi connectivity index (χ2v) is 8.18. The molecule has 2 aliphatic heterocycles. The molecular weight excluding hydrogens is 414 g/mol. The molecule has 0 aliphatic carbocycles. The highest BCUT2D eigenvalue weighted by molar-refractivity contribution is 5.65. The fourth-order valence-electron chi connectivity index (χ4n) is 5.04. The molecule has 0 radical (unpaired) electrons. The van der Waals surface area contributed by atoms with Crippen molar-refractivity contribution in [3.05, 3.63) is 60.6 Å². The number of halogens is 2. The van der Waals surface area contributed by atoms with Gasteiger partial charge in [0.2, 0.25) is 5.95 Å². The predicted octanol–water partition coefficient (Wildman–Crippen LogP) is 3.80. The summed E-state index contributed by atoms with van der Waals surface area (Å²) >= 11 is 0. The van der Waals surface area contributed by atoms with Crippen molar-refractivity contribution >= 4 is 5.82 Å². The van der Waals surface area contributed by atoms with Crippen molar-refractivity contribution in [3.63, 3.8) is 0 Å². The number of aromatic nitrogens is 7. The molecule has 1 atom stereocenters. The predicted molar refractivity (Wildman–Crippen MR) is 113 cm³/mol. The molecule has 4 aromatic rings. The van der Waals surface area contributed by atoms with Crippen molar-refractivity contribution in [2.24, 2.45) is 0 Å². The van der Waals surface area contributed by atoms with E-state index in [4.69, 9.17) is 4.98 Å². The van der Waals surface area contributed by atoms with Crippen molar-refractivity contribution < 1.29 is 8.78 Å². The molecule has 0 N–H and O–H groups in total. The summed E-state index contributed by atoms with van der Waals surface area (Å²) in [5.74, 6) is 1.14. The first-order valence-electron chi connectivity index (χ1n) is 10.7. The van der Waals surface area contributed by atoms with Gasteiger partial charge in [-0.2, -0.15) is 4.98 Å². The first kappa shape index (κ1) is 19.0. The van der Waals surface area contributed by atoms with E-state index >= 15 is 0 Å². The Kier molecular flexibility index (Phi) is 4.11. The van der Waals surface area contributed by atoms with Gasteiger partial charge in [-0.1, -0.05) is 6.92 Å². The monoisotopic (exact) mass is 434 g/mol. The molecule has 3 aromatic heterocycles. The number of rotatable bonds is 3. The van der Waals surface area contributed by atoms with Gasteiger partial charge >= 0.3 is 0 Å². The first-order chi connectivity index (χ1) is 15.6. The van der Waals surface area contributed by atoms with Crippen molar-refractivity contribution in [1.29, 1.82) is 0 Å². The van der Waals surface area contributed by atoms with Crippen molar-refractivity contribution in [2.45, 2.75) is 38.1 Å². The summed E-state index contributed by atoms with van der Waals surface area (Å²) in [5, 5.41) is 8.63. The van der Waals surface area contributed by atoms with E-state index in [9.17, 15) is 8.78 Å². The number of hydrogen-bond donors (Lipinski definition) is 0. The zero-order valence-corrected chi connectivity index (χ0v) is 17.4. The number of piperidine rings is 1. The number of hydrogen-bond acceptors (Lipinski definition) is 6. The van der Waals surface area contributed by atoms with Crippen LogP contribution in [0.2, 0.25) is 0 Å². The molecule has 162 valence electrons. The molecule has 6 rings (SSSR count). The van der Waals surface area contributed by atoms with Gasteiger partial charge in [0.25, 0.3) is 0 Å². The standard InChI is InChI=1S/C22H20F2N8/c1-2-22-5-3-4-7-32(22)19-17(31-13-27-29-20(22)31)12-26-21(28-19)30-8-6-25-18(30)14-9-15(23)11-16(24)10-14/h6,8-13H,2-5,7H2,1H3/t22-/m0/s1. The molecule has 32 heavy (non-hydrogen) atoms. The van der Waals surface area contributed by atoms with Crippen LogP contribution in [0.25, 0.3) is 23.0 Å². The third-order valence-electron chi connectivity index (χ3n) is 6.52. The van der Waals surface area contributed by atoms with Crippen LogP contribution >= 0.6 is 0 Å². The summed E-state index contributed by atoms with van der Waals surface area (Å²) in [6, 6.07) is 3.33. The summed E-state index contributed by atoms with van der Waals surface area (Å²) in [5.41, 5.74) is 0.866. The fourth-order valence-corrected chi connectivity index (χ4v) is 5.04. The number of nitrogens with zero attached hydrogens (tertiary/aromatic N) is 8. The molecule has 8 nitrogen and oxygen atoms in total. The van der Waals surface area contributed by atoms with Gasteiger partial charge in [0.15, 0.2) is 11.6 Å². The summed E-state index contributed by atoms with van der Waals surface area (Å²) < 4.78 is 31.3. The van der Waals surface area contributed by atoms with Gasteiger partial charge in [-0.25, -0.2) is 18.7 Å². The quantitative estimate of drug-likeness (QED) is 0.488. The maximum absolute atomic E-state index is 13.8. The van der Waals surface area contributed by atoms with Gasteiger partial charge in [0, 0.05) is 30.6 Å². The maximum atomic E-state index is 13.8. The van der Waals surface area contributed by atoms with E-state index in [0.29, 0.717) is 17.3 Å². The molecule has 1 fully saturated rings. The van der Waals surface area contributed by atoms with Gasteiger partial charge in [0.05, 0.1) is 6.20 Å². The molecule has 1 aromatic carbocycles. The highest BCUT2D eigenvalue weighted by atomic mass is 19.1. The highest BCUT2D eigenvalue weighted by Crippen LogP contribution is 2.47. The normalized spacial score (nSPS) is 19.4. The van der Waals surface area contributed by atoms with Crippen LogP contribution in [0.1, 0.15) is 38.4 Å². The number of benzene rings is 1. The summed E-state index contributed by atoms with van der Waals surface area (Å²) in [7, 11) is 0. The SMILES string of the molecule is CC[C@@]12CCCCN1c1nc(-n3ccnc3-c3cc(F)cc(F)c3)ncc1-n1cnnc12. The largest absolute Gasteiger partial charge is 0.342 e. The lowest BCUT2D eigenvalue weighted by atomic mass is 9.82. The molecule has 0 amide bonds. The van der Waals surface area contributed by atoms with E-state index in [-0.39, 0.29) is 5.54 Å². The number of imidazole rings is 1. The molecule has 1 saturated heterocycles. The first-order valence-corrected chi connectivity index (χ1v) is 10.7. The second-order valence-electron chi connectivity index (χ2n) is 8.18. The molecule has 0 unspecified atom stereocenters. The molecule has 10 heteroatoms. The van der Waals surface area contributed by atoms with Crippen molar-refractivity contribution in [2.75, 3.05) is 11.4 Å². The van der Waals surface area contributed by atoms with Crippen LogP contribution < -0.4 is 4.90 Å². The molecule has 0 saturated carbocycles. The zero-order valence-electron chi connectivity index (χ0n) is 17.4. The van der Waals surface area contributed by atoms with E-state index in [2.05, 4.69) is 32.0 Å². The topological polar surface area (TPSA) is 77.5 Å². The smallest absolute Gasteiger partial charge is 0.237 e. The minimum atomic E-state index is -0.665. The van der Waals surface area contributed by atoms with Crippen LogP contribution in [-0.4, -0.2) is 40.8 Å². The average molecular weight is 434 g/mol. The summed E-state index contributed by atoms with van der Waals surface area (Å²) in [4.78, 5) is 16.1. The van der Waals surface area contributed by atoms with E-state index < -0.39 is 11.6 Å². The van der Waals surface area contributed by atoms with E-state index in [1.54, 1.807) is 29.5 Å². The number of anilines is 1. The number of fused-ring (bicyclic) bond motifs is 6. The third kappa shape index (κ3) is 2.61. The van der Waals surface area contributed by atoms with Crippen molar-refractivity contribution in [3.8, 4) is 23.0 Å². The molecule has 0 spiro atoms. The van der Waals surface area contributed by atoms with E-state index in [1.807, 2.05) is 4.57 Å². The van der Waals surface area contributed by atoms with Gasteiger partial charge in [-0.3, -0.25) is 9.13 Å². The van der Waals surface area contributed by atoms with Crippen LogP contribution in [0.5, 0.6) is 0 Å². The Bertz CT molecular complexity index is 1310. The van der Waals surface area contributed by atoms with Crippen LogP contribution in [0.3, 0.4) is 0 Å². The second kappa shape index (κ2) is 6.91. The Balaban J connectivity index is 1.52. The lowest BCUT2D eigenvalue weighted by Gasteiger charge is -2.49. The Morgan fingerprint density at radius 3 is 2.72 bits per heavy atom. The Morgan fingerprint density at radius 1 is 1.06 bits per heavy atom. The zero-order chi connectivity index (χ0) is 21.9. The van der Waals surface area contributed by atoms with Gasteiger partial charge in [0.1, 0.15) is 35.0 Å². The Morgan fingerprint density at radius 2 is 1.91 bits per heavy atom. The summed E-state index contributed by atoms with van der Waals surface area (Å²) in [6.07, 6.45) is 10.7. The van der Waals surface area contributed by atoms with Crippen LogP contribution in [0.15, 0.2) is 43.1 Å². The third-order valence-corrected chi connectivity index (χ3v) is 6.52. The Hall–Kier alpha value is -3.69. The van der Waals surface area contributed by atoms with Gasteiger partial charge in [-0.05, 0) is 37.8 Å². The van der Waals surface area contributed by atoms with Gasteiger partial charge < -0.3 is 4.90 Å². The van der Waals surface area contributed by atoms with Crippen molar-refractivity contribution in [1.82, 2.24) is 34.3 Å². The minimum Gasteiger partial charge on any atom is -0.342 e. The highest BCUT2D eigenvalue weighted by Gasteiger charge is 2.47. The molecule has 0 bridgehead atoms. The fraction of sp³-hybridized carbons (Fsp3) is 0.318. The van der Waals surface area contributed by atoms with E-state index in [0.717, 1.165) is 55.6 Å². The lowest BCUT2D eigenvalue weighted by Crippen LogP contribution is -2.53. The summed E-state index contributed by atoms with van der Waals surface area (Å²) in [6.45, 7) is 3.02. The average Bonchev–Trinajstić information content (AvgIpc) is 3.48. The molecular formula is C22H20F2N8. The molecule has 5 heterocycles. The van der Waals surface area contributed by atoms with E-state index in [1.165, 1.54) is 12.1 Å². The van der Waals surface area contributed by atoms with Crippen LogP contribution in [0.4, 0.5) is 14.6 Å². The van der Waals surface area contributed by atoms with Crippen LogP contribution in [-0.2, 0) is 5.54 Å². The van der Waals surface area contributed by atoms with Gasteiger partial charge in [-0.15, -0.1) is 10.2 Å². The van der Waals surface area contributed by atoms with Crippen LogP contribution in [0, 0.1) is 11.6 Å². The minimum absolute atomic E-state index is 0.267. The Labute approximate surface area is 182 Å². The molecule has 2 aliphatic rings. The lowest BCUT2D eigenvalue weighted by molar-refractivity contribution is 0.274.